The first kappa shape index (κ1) is 15.0. The summed E-state index contributed by atoms with van der Waals surface area (Å²) in [6, 6.07) is 3.34. The normalized spacial score (nSPS) is 10.4. The zero-order chi connectivity index (χ0) is 14.7. The van der Waals surface area contributed by atoms with Crippen molar-refractivity contribution in [3.05, 3.63) is 38.4 Å². The number of aromatic nitrogens is 2. The maximum Gasteiger partial charge on any atom is 0.254 e. The largest absolute Gasteiger partial charge is 0.363 e. The van der Waals surface area contributed by atoms with Crippen LogP contribution in [0.3, 0.4) is 0 Å². The van der Waals surface area contributed by atoms with Gasteiger partial charge < -0.3 is 10.2 Å². The molecule has 2 aromatic heterocycles. The summed E-state index contributed by atoms with van der Waals surface area (Å²) in [6.07, 6.45) is 1.65. The SMILES string of the molecule is CN(C)c1ccnc(CNC(=O)c2cc(Cl)sc2Cl)n1. The van der Waals surface area contributed by atoms with Crippen LogP contribution in [-0.4, -0.2) is 30.0 Å². The van der Waals surface area contributed by atoms with Crippen LogP contribution in [0.5, 0.6) is 0 Å². The third-order valence-corrected chi connectivity index (χ3v) is 3.94. The summed E-state index contributed by atoms with van der Waals surface area (Å²) in [4.78, 5) is 22.2. The van der Waals surface area contributed by atoms with Crippen molar-refractivity contribution in [1.82, 2.24) is 15.3 Å². The average Bonchev–Trinajstić information content (AvgIpc) is 2.75. The second-order valence-corrected chi connectivity index (χ2v) is 6.43. The summed E-state index contributed by atoms with van der Waals surface area (Å²) in [5.41, 5.74) is 0.366. The predicted molar refractivity (Wildman–Crippen MR) is 81.9 cm³/mol. The van der Waals surface area contributed by atoms with Gasteiger partial charge in [-0.05, 0) is 12.1 Å². The van der Waals surface area contributed by atoms with E-state index in [1.807, 2.05) is 19.0 Å². The minimum atomic E-state index is -0.294. The fourth-order valence-corrected chi connectivity index (χ4v) is 2.93. The predicted octanol–water partition coefficient (Wildman–Crippen LogP) is 2.84. The fourth-order valence-electron chi connectivity index (χ4n) is 1.47. The van der Waals surface area contributed by atoms with E-state index in [1.54, 1.807) is 18.3 Å². The quantitative estimate of drug-likeness (QED) is 0.936. The van der Waals surface area contributed by atoms with E-state index < -0.39 is 0 Å². The van der Waals surface area contributed by atoms with Crippen molar-refractivity contribution in [1.29, 1.82) is 0 Å². The van der Waals surface area contributed by atoms with Crippen molar-refractivity contribution in [3.8, 4) is 0 Å². The highest BCUT2D eigenvalue weighted by atomic mass is 35.5. The minimum Gasteiger partial charge on any atom is -0.363 e. The Bertz CT molecular complexity index is 630. The van der Waals surface area contributed by atoms with E-state index in [0.29, 0.717) is 20.1 Å². The molecule has 0 fully saturated rings. The van der Waals surface area contributed by atoms with Crippen LogP contribution in [-0.2, 0) is 6.54 Å². The summed E-state index contributed by atoms with van der Waals surface area (Å²) in [7, 11) is 3.77. The lowest BCUT2D eigenvalue weighted by Crippen LogP contribution is -2.24. The van der Waals surface area contributed by atoms with Crippen LogP contribution in [0.15, 0.2) is 18.3 Å². The second kappa shape index (κ2) is 6.39. The van der Waals surface area contributed by atoms with Crippen molar-refractivity contribution in [2.75, 3.05) is 19.0 Å². The standard InChI is InChI=1S/C12H12Cl2N4OS/c1-18(2)10-3-4-15-9(17-10)6-16-12(19)7-5-8(13)20-11(7)14/h3-5H,6H2,1-2H3,(H,16,19). The Morgan fingerprint density at radius 2 is 2.20 bits per heavy atom. The van der Waals surface area contributed by atoms with Gasteiger partial charge in [0.05, 0.1) is 16.4 Å². The van der Waals surface area contributed by atoms with Crippen molar-refractivity contribution < 1.29 is 4.79 Å². The monoisotopic (exact) mass is 330 g/mol. The fraction of sp³-hybridized carbons (Fsp3) is 0.250. The number of halogens is 2. The topological polar surface area (TPSA) is 58.1 Å². The summed E-state index contributed by atoms with van der Waals surface area (Å²) < 4.78 is 0.849. The second-order valence-electron chi connectivity index (χ2n) is 4.15. The van der Waals surface area contributed by atoms with Crippen molar-refractivity contribution in [3.63, 3.8) is 0 Å². The molecule has 1 amide bonds. The van der Waals surface area contributed by atoms with E-state index >= 15 is 0 Å². The molecule has 20 heavy (non-hydrogen) atoms. The molecule has 2 heterocycles. The van der Waals surface area contributed by atoms with Gasteiger partial charge in [-0.1, -0.05) is 23.2 Å². The summed E-state index contributed by atoms with van der Waals surface area (Å²) in [5.74, 6) is 1.01. The van der Waals surface area contributed by atoms with Gasteiger partial charge in [-0.25, -0.2) is 9.97 Å². The highest BCUT2D eigenvalue weighted by molar-refractivity contribution is 7.20. The molecular weight excluding hydrogens is 319 g/mol. The molecule has 0 saturated carbocycles. The Morgan fingerprint density at radius 1 is 1.45 bits per heavy atom. The zero-order valence-electron chi connectivity index (χ0n) is 10.9. The minimum absolute atomic E-state index is 0.226. The first-order valence-electron chi connectivity index (χ1n) is 5.69. The Balaban J connectivity index is 2.03. The maximum absolute atomic E-state index is 12.0. The lowest BCUT2D eigenvalue weighted by molar-refractivity contribution is 0.0950. The molecule has 0 aliphatic rings. The summed E-state index contributed by atoms with van der Waals surface area (Å²) >= 11 is 12.9. The van der Waals surface area contributed by atoms with Crippen LogP contribution in [0, 0.1) is 0 Å². The van der Waals surface area contributed by atoms with Gasteiger partial charge in [-0.3, -0.25) is 4.79 Å². The molecule has 0 spiro atoms. The third kappa shape index (κ3) is 3.59. The molecular formula is C12H12Cl2N4OS. The van der Waals surface area contributed by atoms with Gasteiger partial charge in [0, 0.05) is 20.3 Å². The van der Waals surface area contributed by atoms with Crippen LogP contribution >= 0.6 is 34.5 Å². The van der Waals surface area contributed by atoms with Crippen LogP contribution in [0.1, 0.15) is 16.2 Å². The first-order valence-corrected chi connectivity index (χ1v) is 7.27. The van der Waals surface area contributed by atoms with Crippen LogP contribution in [0.2, 0.25) is 8.67 Å². The number of carbonyl (C=O) groups excluding carboxylic acids is 1. The van der Waals surface area contributed by atoms with E-state index in [-0.39, 0.29) is 12.5 Å². The summed E-state index contributed by atoms with van der Waals surface area (Å²) in [5, 5.41) is 2.72. The highest BCUT2D eigenvalue weighted by Gasteiger charge is 2.14. The molecule has 0 radical (unpaired) electrons. The number of anilines is 1. The number of thiophene rings is 1. The molecule has 2 rings (SSSR count). The van der Waals surface area contributed by atoms with Gasteiger partial charge >= 0.3 is 0 Å². The van der Waals surface area contributed by atoms with Crippen LogP contribution < -0.4 is 10.2 Å². The van der Waals surface area contributed by atoms with Crippen molar-refractivity contribution in [2.45, 2.75) is 6.54 Å². The number of carbonyl (C=O) groups is 1. The molecule has 0 aliphatic heterocycles. The Morgan fingerprint density at radius 3 is 2.80 bits per heavy atom. The molecule has 8 heteroatoms. The zero-order valence-corrected chi connectivity index (χ0v) is 13.2. The molecule has 0 aliphatic carbocycles. The number of amides is 1. The molecule has 0 aromatic carbocycles. The Hall–Kier alpha value is -1.37. The Kier molecular flexibility index (Phi) is 4.80. The van der Waals surface area contributed by atoms with Gasteiger partial charge in [0.25, 0.3) is 5.91 Å². The molecule has 0 atom stereocenters. The average molecular weight is 331 g/mol. The van der Waals surface area contributed by atoms with E-state index in [9.17, 15) is 4.79 Å². The van der Waals surface area contributed by atoms with Gasteiger partial charge in [0.2, 0.25) is 0 Å². The van der Waals surface area contributed by atoms with Crippen molar-refractivity contribution >= 4 is 46.3 Å². The number of hydrogen-bond donors (Lipinski definition) is 1. The summed E-state index contributed by atoms with van der Waals surface area (Å²) in [6.45, 7) is 0.226. The lowest BCUT2D eigenvalue weighted by atomic mass is 10.3. The molecule has 0 saturated heterocycles. The van der Waals surface area contributed by atoms with Crippen LogP contribution in [0.4, 0.5) is 5.82 Å². The smallest absolute Gasteiger partial charge is 0.254 e. The number of nitrogens with zero attached hydrogens (tertiary/aromatic N) is 3. The van der Waals surface area contributed by atoms with Gasteiger partial charge in [0.15, 0.2) is 0 Å². The molecule has 2 aromatic rings. The van der Waals surface area contributed by atoms with E-state index in [0.717, 1.165) is 17.2 Å². The van der Waals surface area contributed by atoms with Gasteiger partial charge in [0.1, 0.15) is 16.0 Å². The van der Waals surface area contributed by atoms with E-state index in [1.165, 1.54) is 0 Å². The highest BCUT2D eigenvalue weighted by Crippen LogP contribution is 2.30. The van der Waals surface area contributed by atoms with Gasteiger partial charge in [-0.15, -0.1) is 11.3 Å². The van der Waals surface area contributed by atoms with Crippen molar-refractivity contribution in [2.24, 2.45) is 0 Å². The van der Waals surface area contributed by atoms with Gasteiger partial charge in [-0.2, -0.15) is 0 Å². The first-order chi connectivity index (χ1) is 9.47. The molecule has 0 bridgehead atoms. The molecule has 5 nitrogen and oxygen atoms in total. The van der Waals surface area contributed by atoms with E-state index in [2.05, 4.69) is 15.3 Å². The molecule has 1 N–H and O–H groups in total. The Labute approximate surface area is 130 Å². The number of rotatable bonds is 4. The molecule has 0 unspecified atom stereocenters. The molecule has 106 valence electrons. The van der Waals surface area contributed by atoms with Crippen LogP contribution in [0.25, 0.3) is 0 Å². The lowest BCUT2D eigenvalue weighted by Gasteiger charge is -2.11. The third-order valence-electron chi connectivity index (χ3n) is 2.46. The number of nitrogens with one attached hydrogen (secondary N) is 1. The van der Waals surface area contributed by atoms with E-state index in [4.69, 9.17) is 23.2 Å². The maximum atomic E-state index is 12.0. The number of hydrogen-bond acceptors (Lipinski definition) is 5.